The van der Waals surface area contributed by atoms with Gasteiger partial charge < -0.3 is 31.9 Å². The lowest BCUT2D eigenvalue weighted by Crippen LogP contribution is -2.58. The standard InChI is InChI=1S/C18H32N4O7S2/c1-9(2)14(19)17(27)20-10(4-5-13(23)24)15(25)22-12(8-30)16(26)21-11(18(28)29)6-7-31-3/h9-12,14,30H,4-8,19H2,1-3H3,(H,20,27)(H,21,26)(H,22,25)(H,23,24)(H,28,29). The van der Waals surface area contributed by atoms with Crippen molar-refractivity contribution in [2.45, 2.75) is 57.3 Å². The number of aliphatic carboxylic acids is 2. The summed E-state index contributed by atoms with van der Waals surface area (Å²) in [6, 6.07) is -4.46. The van der Waals surface area contributed by atoms with Crippen LogP contribution in [0.25, 0.3) is 0 Å². The number of carbonyl (C=O) groups is 5. The van der Waals surface area contributed by atoms with Gasteiger partial charge in [-0.2, -0.15) is 24.4 Å². The van der Waals surface area contributed by atoms with Gasteiger partial charge in [0, 0.05) is 12.2 Å². The summed E-state index contributed by atoms with van der Waals surface area (Å²) in [6.07, 6.45) is 1.38. The smallest absolute Gasteiger partial charge is 0.326 e. The lowest BCUT2D eigenvalue weighted by molar-refractivity contribution is -0.142. The van der Waals surface area contributed by atoms with Crippen molar-refractivity contribution in [1.29, 1.82) is 0 Å². The van der Waals surface area contributed by atoms with Gasteiger partial charge in [0.25, 0.3) is 0 Å². The summed E-state index contributed by atoms with van der Waals surface area (Å²) in [4.78, 5) is 59.6. The van der Waals surface area contributed by atoms with Crippen LogP contribution in [-0.2, 0) is 24.0 Å². The molecule has 0 heterocycles. The number of hydrogen-bond donors (Lipinski definition) is 7. The molecule has 0 aromatic carbocycles. The number of hydrogen-bond acceptors (Lipinski definition) is 8. The Hall–Kier alpha value is -1.99. The van der Waals surface area contributed by atoms with Crippen LogP contribution in [-0.4, -0.2) is 81.8 Å². The third-order valence-electron chi connectivity index (χ3n) is 4.34. The van der Waals surface area contributed by atoms with Crippen molar-refractivity contribution >= 4 is 54.1 Å². The summed E-state index contributed by atoms with van der Waals surface area (Å²) in [7, 11) is 0. The van der Waals surface area contributed by atoms with E-state index in [0.29, 0.717) is 5.75 Å². The fourth-order valence-electron chi connectivity index (χ4n) is 2.34. The maximum Gasteiger partial charge on any atom is 0.326 e. The van der Waals surface area contributed by atoms with Crippen LogP contribution in [0.15, 0.2) is 0 Å². The monoisotopic (exact) mass is 480 g/mol. The Labute approximate surface area is 191 Å². The minimum absolute atomic E-state index is 0.141. The number of thiol groups is 1. The molecule has 4 atom stereocenters. The Bertz CT molecular complexity index is 648. The molecule has 4 unspecified atom stereocenters. The number of nitrogens with two attached hydrogens (primary N) is 1. The van der Waals surface area contributed by atoms with Gasteiger partial charge in [0.1, 0.15) is 18.1 Å². The highest BCUT2D eigenvalue weighted by molar-refractivity contribution is 7.98. The first-order chi connectivity index (χ1) is 14.4. The summed E-state index contributed by atoms with van der Waals surface area (Å²) in [5, 5.41) is 25.3. The molecule has 0 aromatic heterocycles. The van der Waals surface area contributed by atoms with Crippen LogP contribution in [0.5, 0.6) is 0 Å². The summed E-state index contributed by atoms with van der Waals surface area (Å²) in [5.74, 6) is -4.40. The molecule has 0 radical (unpaired) electrons. The zero-order valence-electron chi connectivity index (χ0n) is 17.8. The molecule has 31 heavy (non-hydrogen) atoms. The highest BCUT2D eigenvalue weighted by Gasteiger charge is 2.30. The highest BCUT2D eigenvalue weighted by Crippen LogP contribution is 2.05. The molecular formula is C18H32N4O7S2. The number of thioether (sulfide) groups is 1. The van der Waals surface area contributed by atoms with E-state index >= 15 is 0 Å². The number of carbonyl (C=O) groups excluding carboxylic acids is 3. The van der Waals surface area contributed by atoms with Crippen molar-refractivity contribution < 1.29 is 34.2 Å². The Morgan fingerprint density at radius 2 is 1.42 bits per heavy atom. The summed E-state index contributed by atoms with van der Waals surface area (Å²) in [6.45, 7) is 3.43. The average molecular weight is 481 g/mol. The predicted octanol–water partition coefficient (Wildman–Crippen LogP) is -0.944. The molecule has 7 N–H and O–H groups in total. The molecular weight excluding hydrogens is 448 g/mol. The normalized spacial score (nSPS) is 14.8. The van der Waals surface area contributed by atoms with Crippen LogP contribution in [0.3, 0.4) is 0 Å². The van der Waals surface area contributed by atoms with E-state index in [1.54, 1.807) is 20.1 Å². The van der Waals surface area contributed by atoms with Crippen LogP contribution in [0.4, 0.5) is 0 Å². The zero-order chi connectivity index (χ0) is 24.1. The van der Waals surface area contributed by atoms with Gasteiger partial charge in [0.2, 0.25) is 17.7 Å². The summed E-state index contributed by atoms with van der Waals surface area (Å²) < 4.78 is 0. The predicted molar refractivity (Wildman–Crippen MR) is 120 cm³/mol. The van der Waals surface area contributed by atoms with Gasteiger partial charge in [-0.25, -0.2) is 4.79 Å². The van der Waals surface area contributed by atoms with Crippen LogP contribution in [0.2, 0.25) is 0 Å². The molecule has 0 aliphatic carbocycles. The molecule has 0 aliphatic rings. The first kappa shape index (κ1) is 29.0. The van der Waals surface area contributed by atoms with Crippen LogP contribution < -0.4 is 21.7 Å². The molecule has 0 saturated carbocycles. The Balaban J connectivity index is 5.26. The minimum Gasteiger partial charge on any atom is -0.481 e. The number of carboxylic acid groups (broad SMARTS) is 2. The minimum atomic E-state index is -1.24. The van der Waals surface area contributed by atoms with Gasteiger partial charge in [0.15, 0.2) is 0 Å². The third kappa shape index (κ3) is 11.3. The van der Waals surface area contributed by atoms with Crippen molar-refractivity contribution in [3.63, 3.8) is 0 Å². The van der Waals surface area contributed by atoms with E-state index in [-0.39, 0.29) is 24.5 Å². The SMILES string of the molecule is CSCCC(NC(=O)C(CS)NC(=O)C(CCC(=O)O)NC(=O)C(N)C(C)C)C(=O)O. The van der Waals surface area contributed by atoms with Gasteiger partial charge in [-0.15, -0.1) is 0 Å². The van der Waals surface area contributed by atoms with Gasteiger partial charge in [0.05, 0.1) is 6.04 Å². The molecule has 178 valence electrons. The fraction of sp³-hybridized carbons (Fsp3) is 0.722. The number of amides is 3. The van der Waals surface area contributed by atoms with E-state index in [9.17, 15) is 29.1 Å². The first-order valence-corrected chi connectivity index (χ1v) is 11.7. The molecule has 0 fully saturated rings. The molecule has 0 rings (SSSR count). The second kappa shape index (κ2) is 14.9. The maximum atomic E-state index is 12.7. The quantitative estimate of drug-likeness (QED) is 0.145. The lowest BCUT2D eigenvalue weighted by Gasteiger charge is -2.25. The van der Waals surface area contributed by atoms with Crippen molar-refractivity contribution in [2.75, 3.05) is 17.8 Å². The molecule has 0 aliphatic heterocycles. The molecule has 11 nitrogen and oxygen atoms in total. The first-order valence-electron chi connectivity index (χ1n) is 9.65. The lowest BCUT2D eigenvalue weighted by atomic mass is 10.0. The van der Waals surface area contributed by atoms with Crippen molar-refractivity contribution in [2.24, 2.45) is 11.7 Å². The topological polar surface area (TPSA) is 188 Å². The molecule has 0 bridgehead atoms. The maximum absolute atomic E-state index is 12.7. The Morgan fingerprint density at radius 3 is 1.87 bits per heavy atom. The number of rotatable bonds is 15. The highest BCUT2D eigenvalue weighted by atomic mass is 32.2. The Morgan fingerprint density at radius 1 is 0.903 bits per heavy atom. The second-order valence-corrected chi connectivity index (χ2v) is 8.54. The van der Waals surface area contributed by atoms with E-state index in [2.05, 4.69) is 28.6 Å². The van der Waals surface area contributed by atoms with Crippen LogP contribution in [0, 0.1) is 5.92 Å². The molecule has 3 amide bonds. The van der Waals surface area contributed by atoms with E-state index in [1.807, 2.05) is 0 Å². The third-order valence-corrected chi connectivity index (χ3v) is 5.35. The van der Waals surface area contributed by atoms with Crippen LogP contribution in [0.1, 0.15) is 33.1 Å². The molecule has 0 spiro atoms. The average Bonchev–Trinajstić information content (AvgIpc) is 2.70. The molecule has 13 heteroatoms. The number of carboxylic acids is 2. The zero-order valence-corrected chi connectivity index (χ0v) is 19.5. The van der Waals surface area contributed by atoms with Crippen molar-refractivity contribution in [3.05, 3.63) is 0 Å². The second-order valence-electron chi connectivity index (χ2n) is 7.19. The van der Waals surface area contributed by atoms with E-state index in [1.165, 1.54) is 11.8 Å². The van der Waals surface area contributed by atoms with E-state index in [4.69, 9.17) is 10.8 Å². The van der Waals surface area contributed by atoms with Crippen LogP contribution >= 0.6 is 24.4 Å². The fourth-order valence-corrected chi connectivity index (χ4v) is 3.07. The summed E-state index contributed by atoms with van der Waals surface area (Å²) in [5.41, 5.74) is 5.77. The number of nitrogens with one attached hydrogen (secondary N) is 3. The molecule has 0 aromatic rings. The van der Waals surface area contributed by atoms with E-state index < -0.39 is 60.2 Å². The largest absolute Gasteiger partial charge is 0.481 e. The van der Waals surface area contributed by atoms with Crippen molar-refractivity contribution in [3.8, 4) is 0 Å². The van der Waals surface area contributed by atoms with E-state index in [0.717, 1.165) is 0 Å². The van der Waals surface area contributed by atoms with Gasteiger partial charge in [-0.1, -0.05) is 13.8 Å². The molecule has 0 saturated heterocycles. The van der Waals surface area contributed by atoms with Gasteiger partial charge in [-0.05, 0) is 30.8 Å². The summed E-state index contributed by atoms with van der Waals surface area (Å²) >= 11 is 5.45. The van der Waals surface area contributed by atoms with Gasteiger partial charge in [-0.3, -0.25) is 19.2 Å². The Kier molecular flexibility index (Phi) is 14.0. The van der Waals surface area contributed by atoms with Gasteiger partial charge >= 0.3 is 11.9 Å². The van der Waals surface area contributed by atoms with Crippen molar-refractivity contribution in [1.82, 2.24) is 16.0 Å².